The van der Waals surface area contributed by atoms with Crippen LogP contribution in [0.4, 0.5) is 5.82 Å². The maximum absolute atomic E-state index is 12.0. The quantitative estimate of drug-likeness (QED) is 0.733. The molecular weight excluding hydrogens is 322 g/mol. The highest BCUT2D eigenvalue weighted by molar-refractivity contribution is 5.95. The smallest absolute Gasteiger partial charge is 0.360 e. The van der Waals surface area contributed by atoms with Gasteiger partial charge in [-0.25, -0.2) is 14.8 Å². The van der Waals surface area contributed by atoms with Gasteiger partial charge >= 0.3 is 5.97 Å². The summed E-state index contributed by atoms with van der Waals surface area (Å²) in [6.45, 7) is 0.683. The summed E-state index contributed by atoms with van der Waals surface area (Å²) in [5, 5.41) is 3.16. The van der Waals surface area contributed by atoms with Crippen molar-refractivity contribution in [3.63, 3.8) is 0 Å². The maximum atomic E-state index is 12.0. The van der Waals surface area contributed by atoms with Gasteiger partial charge in [-0.15, -0.1) is 0 Å². The van der Waals surface area contributed by atoms with Gasteiger partial charge in [0.25, 0.3) is 0 Å². The van der Waals surface area contributed by atoms with Crippen LogP contribution in [-0.4, -0.2) is 29.8 Å². The predicted octanol–water partition coefficient (Wildman–Crippen LogP) is 2.76. The number of nitrogens with zero attached hydrogens (tertiary/aromatic N) is 2. The van der Waals surface area contributed by atoms with Gasteiger partial charge in [-0.1, -0.05) is 18.2 Å². The Balaban J connectivity index is 1.64. The van der Waals surface area contributed by atoms with E-state index < -0.39 is 5.97 Å². The third-order valence-electron chi connectivity index (χ3n) is 3.85. The molecule has 0 saturated heterocycles. The van der Waals surface area contributed by atoms with Crippen LogP contribution in [0.25, 0.3) is 11.0 Å². The zero-order valence-electron chi connectivity index (χ0n) is 13.5. The summed E-state index contributed by atoms with van der Waals surface area (Å²) in [6.07, 6.45) is 0. The van der Waals surface area contributed by atoms with E-state index in [1.807, 2.05) is 36.4 Å². The van der Waals surface area contributed by atoms with Crippen molar-refractivity contribution in [2.24, 2.45) is 0 Å². The first-order valence-electron chi connectivity index (χ1n) is 7.72. The van der Waals surface area contributed by atoms with Crippen LogP contribution in [0.15, 0.2) is 42.5 Å². The highest BCUT2D eigenvalue weighted by Crippen LogP contribution is 2.32. The van der Waals surface area contributed by atoms with Crippen LogP contribution in [0.1, 0.15) is 16.1 Å². The minimum atomic E-state index is -0.536. The van der Waals surface area contributed by atoms with Crippen molar-refractivity contribution in [2.45, 2.75) is 6.54 Å². The van der Waals surface area contributed by atoms with Gasteiger partial charge in [-0.05, 0) is 29.8 Å². The molecule has 0 amide bonds. The molecule has 3 aromatic rings. The molecule has 2 heterocycles. The number of para-hydroxylation sites is 2. The number of carbonyl (C=O) groups excluding carboxylic acids is 1. The fourth-order valence-corrected chi connectivity index (χ4v) is 2.60. The minimum Gasteiger partial charge on any atom is -0.464 e. The predicted molar refractivity (Wildman–Crippen MR) is 90.8 cm³/mol. The number of anilines is 1. The van der Waals surface area contributed by atoms with E-state index >= 15 is 0 Å². The zero-order chi connectivity index (χ0) is 17.2. The van der Waals surface area contributed by atoms with Crippen LogP contribution in [-0.2, 0) is 11.3 Å². The fourth-order valence-electron chi connectivity index (χ4n) is 2.60. The molecule has 0 bridgehead atoms. The summed E-state index contributed by atoms with van der Waals surface area (Å²) in [5.41, 5.74) is 2.46. The molecular formula is C18H15N3O4. The molecule has 4 rings (SSSR count). The van der Waals surface area contributed by atoms with Crippen molar-refractivity contribution in [1.29, 1.82) is 0 Å². The first-order valence-corrected chi connectivity index (χ1v) is 7.72. The number of esters is 1. The molecule has 0 spiro atoms. The van der Waals surface area contributed by atoms with Crippen LogP contribution in [0, 0.1) is 0 Å². The summed E-state index contributed by atoms with van der Waals surface area (Å²) in [7, 11) is 1.32. The lowest BCUT2D eigenvalue weighted by atomic mass is 10.2. The molecule has 0 unspecified atom stereocenters. The molecule has 0 saturated carbocycles. The largest absolute Gasteiger partial charge is 0.464 e. The Morgan fingerprint density at radius 2 is 1.88 bits per heavy atom. The van der Waals surface area contributed by atoms with E-state index in [0.717, 1.165) is 11.3 Å². The summed E-state index contributed by atoms with van der Waals surface area (Å²) in [6, 6.07) is 13.0. The van der Waals surface area contributed by atoms with Crippen molar-refractivity contribution in [2.75, 3.05) is 19.2 Å². The van der Waals surface area contributed by atoms with Gasteiger partial charge in [0.1, 0.15) is 0 Å². The Morgan fingerprint density at radius 1 is 1.12 bits per heavy atom. The SMILES string of the molecule is COC(=O)c1nc2ccccc2nc1NCc1ccc2c(c1)OCO2. The summed E-state index contributed by atoms with van der Waals surface area (Å²) in [4.78, 5) is 20.9. The lowest BCUT2D eigenvalue weighted by molar-refractivity contribution is 0.0595. The molecule has 0 aliphatic carbocycles. The molecule has 2 aromatic carbocycles. The molecule has 25 heavy (non-hydrogen) atoms. The summed E-state index contributed by atoms with van der Waals surface area (Å²) >= 11 is 0. The molecule has 7 heteroatoms. The molecule has 0 radical (unpaired) electrons. The molecule has 1 aliphatic heterocycles. The Bertz CT molecular complexity index is 958. The molecule has 126 valence electrons. The molecule has 0 atom stereocenters. The lowest BCUT2D eigenvalue weighted by Gasteiger charge is -2.11. The molecule has 1 aromatic heterocycles. The van der Waals surface area contributed by atoms with E-state index in [0.29, 0.717) is 29.1 Å². The van der Waals surface area contributed by atoms with Crippen LogP contribution >= 0.6 is 0 Å². The number of hydrogen-bond donors (Lipinski definition) is 1. The van der Waals surface area contributed by atoms with E-state index in [1.165, 1.54) is 7.11 Å². The summed E-state index contributed by atoms with van der Waals surface area (Å²) < 4.78 is 15.5. The number of carbonyl (C=O) groups is 1. The number of hydrogen-bond acceptors (Lipinski definition) is 7. The van der Waals surface area contributed by atoms with Crippen LogP contribution in [0.5, 0.6) is 11.5 Å². The van der Waals surface area contributed by atoms with Crippen molar-refractivity contribution in [1.82, 2.24) is 9.97 Å². The fraction of sp³-hybridized carbons (Fsp3) is 0.167. The number of methoxy groups -OCH3 is 1. The van der Waals surface area contributed by atoms with Gasteiger partial charge < -0.3 is 19.5 Å². The highest BCUT2D eigenvalue weighted by atomic mass is 16.7. The monoisotopic (exact) mass is 337 g/mol. The summed E-state index contributed by atoms with van der Waals surface area (Å²) in [5.74, 6) is 1.27. The second-order valence-electron chi connectivity index (χ2n) is 5.44. The van der Waals surface area contributed by atoms with Gasteiger partial charge in [-0.2, -0.15) is 0 Å². The maximum Gasteiger partial charge on any atom is 0.360 e. The third kappa shape index (κ3) is 2.91. The van der Waals surface area contributed by atoms with Crippen molar-refractivity contribution in [3.8, 4) is 11.5 Å². The zero-order valence-corrected chi connectivity index (χ0v) is 13.5. The minimum absolute atomic E-state index is 0.155. The number of fused-ring (bicyclic) bond motifs is 2. The van der Waals surface area contributed by atoms with Gasteiger partial charge in [0.2, 0.25) is 6.79 Å². The number of aromatic nitrogens is 2. The van der Waals surface area contributed by atoms with Crippen LogP contribution < -0.4 is 14.8 Å². The second kappa shape index (κ2) is 6.27. The van der Waals surface area contributed by atoms with E-state index in [2.05, 4.69) is 15.3 Å². The molecule has 1 N–H and O–H groups in total. The Hall–Kier alpha value is -3.35. The Kier molecular flexibility index (Phi) is 3.81. The number of ether oxygens (including phenoxy) is 3. The van der Waals surface area contributed by atoms with E-state index in [-0.39, 0.29) is 12.5 Å². The Labute approximate surface area is 143 Å². The topological polar surface area (TPSA) is 82.6 Å². The highest BCUT2D eigenvalue weighted by Gasteiger charge is 2.18. The molecule has 7 nitrogen and oxygen atoms in total. The molecule has 1 aliphatic rings. The standard InChI is InChI=1S/C18H15N3O4/c1-23-18(22)16-17(21-13-5-3-2-4-12(13)20-16)19-9-11-6-7-14-15(8-11)25-10-24-14/h2-8H,9-10H2,1H3,(H,19,21). The number of benzene rings is 2. The van der Waals surface area contributed by atoms with Crippen molar-refractivity contribution < 1.29 is 19.0 Å². The average molecular weight is 337 g/mol. The van der Waals surface area contributed by atoms with Crippen molar-refractivity contribution >= 4 is 22.8 Å². The lowest BCUT2D eigenvalue weighted by Crippen LogP contribution is -2.12. The van der Waals surface area contributed by atoms with Crippen LogP contribution in [0.2, 0.25) is 0 Å². The van der Waals surface area contributed by atoms with E-state index in [4.69, 9.17) is 14.2 Å². The van der Waals surface area contributed by atoms with Gasteiger partial charge in [0, 0.05) is 6.54 Å². The molecule has 0 fully saturated rings. The average Bonchev–Trinajstić information content (AvgIpc) is 3.12. The van der Waals surface area contributed by atoms with Crippen LogP contribution in [0.3, 0.4) is 0 Å². The number of nitrogens with one attached hydrogen (secondary N) is 1. The second-order valence-corrected chi connectivity index (χ2v) is 5.44. The van der Waals surface area contributed by atoms with E-state index in [9.17, 15) is 4.79 Å². The van der Waals surface area contributed by atoms with Crippen molar-refractivity contribution in [3.05, 3.63) is 53.7 Å². The Morgan fingerprint density at radius 3 is 2.68 bits per heavy atom. The van der Waals surface area contributed by atoms with E-state index in [1.54, 1.807) is 6.07 Å². The number of rotatable bonds is 4. The van der Waals surface area contributed by atoms with Gasteiger partial charge in [-0.3, -0.25) is 0 Å². The normalized spacial score (nSPS) is 12.2. The third-order valence-corrected chi connectivity index (χ3v) is 3.85. The first kappa shape index (κ1) is 15.2. The van der Waals surface area contributed by atoms with Gasteiger partial charge in [0.15, 0.2) is 23.0 Å². The van der Waals surface area contributed by atoms with Gasteiger partial charge in [0.05, 0.1) is 18.1 Å². The first-order chi connectivity index (χ1) is 12.2.